The largest absolute Gasteiger partial charge is 0.299 e. The highest BCUT2D eigenvalue weighted by Gasteiger charge is 2.45. The van der Waals surface area contributed by atoms with Gasteiger partial charge in [0.2, 0.25) is 0 Å². The van der Waals surface area contributed by atoms with Crippen LogP contribution >= 0.6 is 0 Å². The first-order valence-corrected chi connectivity index (χ1v) is 5.42. The second-order valence-corrected chi connectivity index (χ2v) is 4.62. The standard InChI is InChI=1S/C13H14O/c14-13-8-10-6-11(13)7-12(10)9-4-2-1-3-5-9/h1-5,10-12H,6-8H2/t10-,11-,12+/m0/s1. The van der Waals surface area contributed by atoms with Crippen molar-refractivity contribution in [2.75, 3.05) is 0 Å². The smallest absolute Gasteiger partial charge is 0.136 e. The Labute approximate surface area is 84.1 Å². The minimum absolute atomic E-state index is 0.394. The van der Waals surface area contributed by atoms with E-state index in [1.54, 1.807) is 0 Å². The van der Waals surface area contributed by atoms with Gasteiger partial charge in [-0.25, -0.2) is 0 Å². The Morgan fingerprint density at radius 1 is 1.07 bits per heavy atom. The summed E-state index contributed by atoms with van der Waals surface area (Å²) in [5.74, 6) is 2.22. The van der Waals surface area contributed by atoms with Crippen LogP contribution in [-0.2, 0) is 4.79 Å². The van der Waals surface area contributed by atoms with Crippen molar-refractivity contribution < 1.29 is 4.79 Å². The minimum atomic E-state index is 0.394. The summed E-state index contributed by atoms with van der Waals surface area (Å²) < 4.78 is 0. The first kappa shape index (κ1) is 8.22. The zero-order valence-electron chi connectivity index (χ0n) is 8.15. The topological polar surface area (TPSA) is 17.1 Å². The molecule has 1 nitrogen and oxygen atoms in total. The lowest BCUT2D eigenvalue weighted by molar-refractivity contribution is -0.121. The number of benzene rings is 1. The van der Waals surface area contributed by atoms with Gasteiger partial charge in [0.25, 0.3) is 0 Å². The first-order valence-electron chi connectivity index (χ1n) is 5.42. The van der Waals surface area contributed by atoms with Crippen LogP contribution in [0, 0.1) is 11.8 Å². The van der Waals surface area contributed by atoms with Crippen LogP contribution in [0.3, 0.4) is 0 Å². The summed E-state index contributed by atoms with van der Waals surface area (Å²) in [7, 11) is 0. The van der Waals surface area contributed by atoms with E-state index in [1.165, 1.54) is 5.56 Å². The number of fused-ring (bicyclic) bond motifs is 2. The SMILES string of the molecule is O=C1C[C@@H]2C[C@H]1C[C@@H]2c1ccccc1. The Morgan fingerprint density at radius 3 is 2.43 bits per heavy atom. The van der Waals surface area contributed by atoms with Crippen LogP contribution < -0.4 is 0 Å². The van der Waals surface area contributed by atoms with Crippen molar-refractivity contribution in [1.29, 1.82) is 0 Å². The van der Waals surface area contributed by atoms with Crippen LogP contribution in [0.2, 0.25) is 0 Å². The van der Waals surface area contributed by atoms with Crippen molar-refractivity contribution >= 4 is 5.78 Å². The second kappa shape index (κ2) is 2.94. The number of hydrogen-bond acceptors (Lipinski definition) is 1. The fourth-order valence-corrected chi connectivity index (χ4v) is 3.15. The molecular weight excluding hydrogens is 172 g/mol. The summed E-state index contributed by atoms with van der Waals surface area (Å²) in [5, 5.41) is 0. The minimum Gasteiger partial charge on any atom is -0.299 e. The third-order valence-corrected chi connectivity index (χ3v) is 3.84. The van der Waals surface area contributed by atoms with Crippen molar-refractivity contribution in [1.82, 2.24) is 0 Å². The molecule has 0 radical (unpaired) electrons. The normalized spacial score (nSPS) is 35.1. The lowest BCUT2D eigenvalue weighted by atomic mass is 9.83. The molecule has 0 amide bonds. The van der Waals surface area contributed by atoms with E-state index in [1.807, 2.05) is 0 Å². The summed E-state index contributed by atoms with van der Waals surface area (Å²) in [5.41, 5.74) is 1.44. The van der Waals surface area contributed by atoms with Crippen molar-refractivity contribution in [2.24, 2.45) is 11.8 Å². The average molecular weight is 186 g/mol. The Morgan fingerprint density at radius 2 is 1.86 bits per heavy atom. The molecule has 0 spiro atoms. The van der Waals surface area contributed by atoms with Crippen LogP contribution in [0.15, 0.2) is 30.3 Å². The van der Waals surface area contributed by atoms with Crippen molar-refractivity contribution in [3.63, 3.8) is 0 Å². The highest BCUT2D eigenvalue weighted by atomic mass is 16.1. The van der Waals surface area contributed by atoms with Crippen LogP contribution in [0.25, 0.3) is 0 Å². The van der Waals surface area contributed by atoms with Crippen LogP contribution in [-0.4, -0.2) is 5.78 Å². The molecule has 0 saturated heterocycles. The molecule has 3 rings (SSSR count). The van der Waals surface area contributed by atoms with E-state index >= 15 is 0 Å². The quantitative estimate of drug-likeness (QED) is 0.659. The monoisotopic (exact) mass is 186 g/mol. The van der Waals surface area contributed by atoms with Gasteiger partial charge in [-0.3, -0.25) is 4.79 Å². The molecule has 1 heteroatoms. The van der Waals surface area contributed by atoms with Crippen LogP contribution in [0.5, 0.6) is 0 Å². The van der Waals surface area contributed by atoms with Gasteiger partial charge in [-0.15, -0.1) is 0 Å². The van der Waals surface area contributed by atoms with Gasteiger partial charge >= 0.3 is 0 Å². The number of carbonyl (C=O) groups is 1. The van der Waals surface area contributed by atoms with E-state index in [0.717, 1.165) is 19.3 Å². The molecule has 2 fully saturated rings. The zero-order chi connectivity index (χ0) is 9.54. The van der Waals surface area contributed by atoms with Gasteiger partial charge in [0, 0.05) is 12.3 Å². The summed E-state index contributed by atoms with van der Waals surface area (Å²) in [6.45, 7) is 0. The lowest BCUT2D eigenvalue weighted by Gasteiger charge is -2.21. The van der Waals surface area contributed by atoms with E-state index in [2.05, 4.69) is 30.3 Å². The van der Waals surface area contributed by atoms with Crippen LogP contribution in [0.4, 0.5) is 0 Å². The fourth-order valence-electron chi connectivity index (χ4n) is 3.15. The van der Waals surface area contributed by atoms with Crippen molar-refractivity contribution in [2.45, 2.75) is 25.2 Å². The summed E-state index contributed by atoms with van der Waals surface area (Å²) in [6.07, 6.45) is 3.09. The maximum Gasteiger partial charge on any atom is 0.136 e. The molecule has 0 N–H and O–H groups in total. The Kier molecular flexibility index (Phi) is 1.73. The second-order valence-electron chi connectivity index (χ2n) is 4.62. The predicted molar refractivity (Wildman–Crippen MR) is 55.0 cm³/mol. The summed E-state index contributed by atoms with van der Waals surface area (Å²) >= 11 is 0. The van der Waals surface area contributed by atoms with Gasteiger partial charge in [-0.05, 0) is 30.2 Å². The molecule has 2 aliphatic carbocycles. The molecule has 14 heavy (non-hydrogen) atoms. The molecular formula is C13H14O. The lowest BCUT2D eigenvalue weighted by Crippen LogP contribution is -2.15. The molecule has 0 aromatic heterocycles. The van der Waals surface area contributed by atoms with E-state index in [4.69, 9.17) is 0 Å². The predicted octanol–water partition coefficient (Wildman–Crippen LogP) is 2.77. The van der Waals surface area contributed by atoms with Crippen molar-refractivity contribution in [3.8, 4) is 0 Å². The van der Waals surface area contributed by atoms with E-state index < -0.39 is 0 Å². The molecule has 1 aromatic carbocycles. The van der Waals surface area contributed by atoms with E-state index in [9.17, 15) is 4.79 Å². The summed E-state index contributed by atoms with van der Waals surface area (Å²) in [4.78, 5) is 11.4. The number of hydrogen-bond donors (Lipinski definition) is 0. The third-order valence-electron chi connectivity index (χ3n) is 3.84. The Hall–Kier alpha value is -1.11. The average Bonchev–Trinajstić information content (AvgIpc) is 2.77. The highest BCUT2D eigenvalue weighted by Crippen LogP contribution is 2.50. The van der Waals surface area contributed by atoms with Gasteiger partial charge in [-0.2, -0.15) is 0 Å². The molecule has 0 unspecified atom stereocenters. The maximum atomic E-state index is 11.4. The van der Waals surface area contributed by atoms with E-state index in [-0.39, 0.29) is 0 Å². The zero-order valence-corrected chi connectivity index (χ0v) is 8.15. The third kappa shape index (κ3) is 1.12. The fraction of sp³-hybridized carbons (Fsp3) is 0.462. The van der Waals surface area contributed by atoms with Gasteiger partial charge in [0.15, 0.2) is 0 Å². The highest BCUT2D eigenvalue weighted by molar-refractivity contribution is 5.84. The first-order chi connectivity index (χ1) is 6.84. The molecule has 1 aromatic rings. The molecule has 3 atom stereocenters. The van der Waals surface area contributed by atoms with Gasteiger partial charge in [0.1, 0.15) is 5.78 Å². The molecule has 2 saturated carbocycles. The number of carbonyl (C=O) groups excluding carboxylic acids is 1. The molecule has 0 aliphatic heterocycles. The Bertz CT molecular complexity index is 355. The van der Waals surface area contributed by atoms with Gasteiger partial charge < -0.3 is 0 Å². The van der Waals surface area contributed by atoms with Crippen molar-refractivity contribution in [3.05, 3.63) is 35.9 Å². The van der Waals surface area contributed by atoms with Gasteiger partial charge in [0.05, 0.1) is 0 Å². The number of rotatable bonds is 1. The van der Waals surface area contributed by atoms with Gasteiger partial charge in [-0.1, -0.05) is 30.3 Å². The maximum absolute atomic E-state index is 11.4. The summed E-state index contributed by atoms with van der Waals surface area (Å²) in [6, 6.07) is 10.7. The van der Waals surface area contributed by atoms with E-state index in [0.29, 0.717) is 23.5 Å². The number of ketones is 1. The molecule has 2 aliphatic rings. The molecule has 0 heterocycles. The Balaban J connectivity index is 1.87. The molecule has 72 valence electrons. The van der Waals surface area contributed by atoms with Crippen LogP contribution in [0.1, 0.15) is 30.7 Å². The number of Topliss-reactive ketones (excluding diaryl/α,β-unsaturated/α-hetero) is 1. The molecule has 2 bridgehead atoms.